The van der Waals surface area contributed by atoms with Crippen LogP contribution >= 0.6 is 11.3 Å². The number of hydrogen-bond donors (Lipinski definition) is 1. The maximum absolute atomic E-state index is 6.25. The Morgan fingerprint density at radius 2 is 1.94 bits per heavy atom. The summed E-state index contributed by atoms with van der Waals surface area (Å²) in [4.78, 5) is 6.47. The first-order valence-electron chi connectivity index (χ1n) is 7.05. The molecule has 1 unspecified atom stereocenters. The van der Waals surface area contributed by atoms with Crippen molar-refractivity contribution in [2.75, 3.05) is 39.3 Å². The largest absolute Gasteiger partial charge is 0.322 e. The molecular weight excluding hydrogens is 242 g/mol. The van der Waals surface area contributed by atoms with Gasteiger partial charge in [0.1, 0.15) is 0 Å². The summed E-state index contributed by atoms with van der Waals surface area (Å²) in [7, 11) is 0. The van der Waals surface area contributed by atoms with E-state index in [1.54, 1.807) is 11.3 Å². The lowest BCUT2D eigenvalue weighted by Crippen LogP contribution is -2.48. The molecule has 1 atom stereocenters. The topological polar surface area (TPSA) is 32.5 Å². The number of nitrogens with two attached hydrogens (primary N) is 1. The maximum Gasteiger partial charge on any atom is 0.0519 e. The van der Waals surface area contributed by atoms with E-state index in [0.29, 0.717) is 0 Å². The summed E-state index contributed by atoms with van der Waals surface area (Å²) in [6.07, 6.45) is 2.92. The molecule has 100 valence electrons. The molecule has 4 heteroatoms. The van der Waals surface area contributed by atoms with E-state index in [1.165, 1.54) is 50.4 Å². The van der Waals surface area contributed by atoms with Crippen LogP contribution in [0.5, 0.6) is 0 Å². The monoisotopic (exact) mass is 265 g/mol. The Bertz CT molecular complexity index is 353. The van der Waals surface area contributed by atoms with E-state index in [9.17, 15) is 0 Å². The van der Waals surface area contributed by atoms with Gasteiger partial charge >= 0.3 is 0 Å². The summed E-state index contributed by atoms with van der Waals surface area (Å²) >= 11 is 1.77. The van der Waals surface area contributed by atoms with Crippen LogP contribution < -0.4 is 5.73 Å². The highest BCUT2D eigenvalue weighted by Gasteiger charge is 2.26. The molecule has 0 aromatic carbocycles. The zero-order valence-corrected chi connectivity index (χ0v) is 11.7. The lowest BCUT2D eigenvalue weighted by molar-refractivity contribution is 0.123. The van der Waals surface area contributed by atoms with Gasteiger partial charge in [0.15, 0.2) is 0 Å². The van der Waals surface area contributed by atoms with E-state index >= 15 is 0 Å². The fraction of sp³-hybridized carbons (Fsp3) is 0.714. The second-order valence-corrected chi connectivity index (χ2v) is 6.65. The molecule has 2 fully saturated rings. The molecular formula is C14H23N3S. The standard InChI is InChI=1S/C14H23N3S/c15-13(14-2-1-9-18-14)11-17-7-5-16(6-8-17)10-12-3-4-12/h1-2,9,12-13H,3-8,10-11,15H2. The molecule has 1 aromatic rings. The van der Waals surface area contributed by atoms with Gasteiger partial charge in [-0.15, -0.1) is 11.3 Å². The van der Waals surface area contributed by atoms with Crippen LogP contribution in [0.1, 0.15) is 23.8 Å². The molecule has 0 spiro atoms. The Balaban J connectivity index is 1.42. The number of thiophene rings is 1. The first-order chi connectivity index (χ1) is 8.81. The minimum atomic E-state index is 0.194. The summed E-state index contributed by atoms with van der Waals surface area (Å²) in [6, 6.07) is 4.44. The van der Waals surface area contributed by atoms with Crippen molar-refractivity contribution in [3.8, 4) is 0 Å². The van der Waals surface area contributed by atoms with Crippen LogP contribution in [0, 0.1) is 5.92 Å². The van der Waals surface area contributed by atoms with Crippen LogP contribution in [-0.4, -0.2) is 49.1 Å². The maximum atomic E-state index is 6.25. The van der Waals surface area contributed by atoms with E-state index in [0.717, 1.165) is 12.5 Å². The fourth-order valence-corrected chi connectivity index (χ4v) is 3.41. The number of nitrogens with zero attached hydrogens (tertiary/aromatic N) is 2. The zero-order chi connectivity index (χ0) is 12.4. The summed E-state index contributed by atoms with van der Waals surface area (Å²) in [5.41, 5.74) is 6.25. The van der Waals surface area contributed by atoms with Crippen LogP contribution in [0.2, 0.25) is 0 Å². The lowest BCUT2D eigenvalue weighted by Gasteiger charge is -2.35. The Morgan fingerprint density at radius 3 is 2.56 bits per heavy atom. The Hall–Kier alpha value is -0.420. The zero-order valence-electron chi connectivity index (χ0n) is 10.9. The lowest BCUT2D eigenvalue weighted by atomic mass is 10.2. The average molecular weight is 265 g/mol. The van der Waals surface area contributed by atoms with Gasteiger partial charge in [0, 0.05) is 44.1 Å². The molecule has 18 heavy (non-hydrogen) atoms. The molecule has 0 radical (unpaired) electrons. The minimum absolute atomic E-state index is 0.194. The molecule has 2 heterocycles. The highest BCUT2D eigenvalue weighted by Crippen LogP contribution is 2.30. The highest BCUT2D eigenvalue weighted by molar-refractivity contribution is 7.10. The third-order valence-corrected chi connectivity index (χ3v) is 5.05. The van der Waals surface area contributed by atoms with E-state index in [2.05, 4.69) is 27.3 Å². The van der Waals surface area contributed by atoms with Crippen molar-refractivity contribution in [3.63, 3.8) is 0 Å². The quantitative estimate of drug-likeness (QED) is 0.881. The van der Waals surface area contributed by atoms with Gasteiger partial charge in [0.2, 0.25) is 0 Å². The van der Waals surface area contributed by atoms with Crippen LogP contribution in [0.3, 0.4) is 0 Å². The predicted molar refractivity (Wildman–Crippen MR) is 76.9 cm³/mol. The van der Waals surface area contributed by atoms with E-state index < -0.39 is 0 Å². The molecule has 1 aliphatic carbocycles. The molecule has 0 bridgehead atoms. The van der Waals surface area contributed by atoms with E-state index in [1.807, 2.05) is 0 Å². The van der Waals surface area contributed by atoms with Crippen molar-refractivity contribution in [2.24, 2.45) is 11.7 Å². The van der Waals surface area contributed by atoms with Crippen LogP contribution in [0.25, 0.3) is 0 Å². The molecule has 1 aromatic heterocycles. The molecule has 0 amide bonds. The van der Waals surface area contributed by atoms with Gasteiger partial charge in [-0.05, 0) is 30.2 Å². The number of rotatable bonds is 5. The van der Waals surface area contributed by atoms with Gasteiger partial charge in [-0.1, -0.05) is 6.07 Å². The fourth-order valence-electron chi connectivity index (χ4n) is 2.69. The van der Waals surface area contributed by atoms with Gasteiger partial charge in [-0.2, -0.15) is 0 Å². The first kappa shape index (κ1) is 12.6. The second kappa shape index (κ2) is 5.70. The van der Waals surface area contributed by atoms with Gasteiger partial charge in [0.25, 0.3) is 0 Å². The Morgan fingerprint density at radius 1 is 1.22 bits per heavy atom. The molecule has 2 aliphatic rings. The number of piperazine rings is 1. The van der Waals surface area contributed by atoms with Crippen molar-refractivity contribution in [3.05, 3.63) is 22.4 Å². The Labute approximate surface area is 114 Å². The molecule has 1 saturated heterocycles. The summed E-state index contributed by atoms with van der Waals surface area (Å²) in [5, 5.41) is 2.11. The summed E-state index contributed by atoms with van der Waals surface area (Å²) in [5.74, 6) is 1.02. The third-order valence-electron chi connectivity index (χ3n) is 4.04. The normalized spacial score (nSPS) is 24.3. The molecule has 3 nitrogen and oxygen atoms in total. The minimum Gasteiger partial charge on any atom is -0.322 e. The third kappa shape index (κ3) is 3.32. The summed E-state index contributed by atoms with van der Waals surface area (Å²) < 4.78 is 0. The number of hydrogen-bond acceptors (Lipinski definition) is 4. The molecule has 3 rings (SSSR count). The van der Waals surface area contributed by atoms with Gasteiger partial charge in [0.05, 0.1) is 6.04 Å². The van der Waals surface area contributed by atoms with Crippen LogP contribution in [0.15, 0.2) is 17.5 Å². The smallest absolute Gasteiger partial charge is 0.0519 e. The Kier molecular flexibility index (Phi) is 3.99. The summed E-state index contributed by atoms with van der Waals surface area (Å²) in [6.45, 7) is 7.18. The van der Waals surface area contributed by atoms with E-state index in [4.69, 9.17) is 5.73 Å². The highest BCUT2D eigenvalue weighted by atomic mass is 32.1. The van der Waals surface area contributed by atoms with Crippen LogP contribution in [-0.2, 0) is 0 Å². The predicted octanol–water partition coefficient (Wildman–Crippen LogP) is 1.78. The van der Waals surface area contributed by atoms with Gasteiger partial charge in [-0.25, -0.2) is 0 Å². The van der Waals surface area contributed by atoms with Crippen molar-refractivity contribution in [2.45, 2.75) is 18.9 Å². The second-order valence-electron chi connectivity index (χ2n) is 5.67. The average Bonchev–Trinajstić information content (AvgIpc) is 3.02. The van der Waals surface area contributed by atoms with Gasteiger partial charge in [-0.3, -0.25) is 4.90 Å². The van der Waals surface area contributed by atoms with Crippen LogP contribution in [0.4, 0.5) is 0 Å². The van der Waals surface area contributed by atoms with Gasteiger partial charge < -0.3 is 10.6 Å². The van der Waals surface area contributed by atoms with Crippen molar-refractivity contribution in [1.82, 2.24) is 9.80 Å². The molecule has 1 saturated carbocycles. The first-order valence-corrected chi connectivity index (χ1v) is 7.93. The molecule has 1 aliphatic heterocycles. The van der Waals surface area contributed by atoms with E-state index in [-0.39, 0.29) is 6.04 Å². The van der Waals surface area contributed by atoms with Crippen molar-refractivity contribution in [1.29, 1.82) is 0 Å². The van der Waals surface area contributed by atoms with Crippen molar-refractivity contribution >= 4 is 11.3 Å². The molecule has 2 N–H and O–H groups in total. The SMILES string of the molecule is NC(CN1CCN(CC2CC2)CC1)c1cccs1. The van der Waals surface area contributed by atoms with Crippen molar-refractivity contribution < 1.29 is 0 Å².